The van der Waals surface area contributed by atoms with Gasteiger partial charge in [0.1, 0.15) is 6.10 Å². The monoisotopic (exact) mass is 242 g/mol. The predicted molar refractivity (Wildman–Crippen MR) is 78.5 cm³/mol. The molecule has 1 N–H and O–H groups in total. The zero-order valence-electron chi connectivity index (χ0n) is 11.3. The molecule has 1 unspecified atom stereocenters. The van der Waals surface area contributed by atoms with Crippen molar-refractivity contribution in [2.45, 2.75) is 32.8 Å². The van der Waals surface area contributed by atoms with Gasteiger partial charge >= 0.3 is 0 Å². The van der Waals surface area contributed by atoms with Gasteiger partial charge in [0.05, 0.1) is 0 Å². The summed E-state index contributed by atoms with van der Waals surface area (Å²) >= 11 is 0. The Kier molecular flexibility index (Phi) is 6.16. The molecule has 1 atom stereocenters. The van der Waals surface area contributed by atoms with E-state index < -0.39 is 6.10 Å². The van der Waals surface area contributed by atoms with Gasteiger partial charge in [-0.05, 0) is 29.5 Å². The van der Waals surface area contributed by atoms with Crippen molar-refractivity contribution in [3.05, 3.63) is 71.8 Å². The lowest BCUT2D eigenvalue weighted by molar-refractivity contribution is 0.205. The Bertz CT molecular complexity index is 441. The highest BCUT2D eigenvalue weighted by Gasteiger charge is 2.20. The van der Waals surface area contributed by atoms with Gasteiger partial charge in [0.15, 0.2) is 0 Å². The number of benzene rings is 1. The van der Waals surface area contributed by atoms with Crippen LogP contribution in [0.15, 0.2) is 60.7 Å². The smallest absolute Gasteiger partial charge is 0.101 e. The molecule has 1 aromatic rings. The fraction of sp³-hybridized carbons (Fsp3) is 0.294. The highest BCUT2D eigenvalue weighted by molar-refractivity contribution is 5.39. The van der Waals surface area contributed by atoms with E-state index >= 15 is 0 Å². The second-order valence-electron chi connectivity index (χ2n) is 3.96. The van der Waals surface area contributed by atoms with Crippen LogP contribution in [0.1, 0.15) is 37.5 Å². The molecule has 1 nitrogen and oxygen atoms in total. The molecule has 1 aromatic carbocycles. The van der Waals surface area contributed by atoms with Gasteiger partial charge in [0.25, 0.3) is 0 Å². The molecular formula is C17H22O. The van der Waals surface area contributed by atoms with Gasteiger partial charge in [-0.2, -0.15) is 0 Å². The lowest BCUT2D eigenvalue weighted by atomic mass is 9.85. The van der Waals surface area contributed by atoms with Crippen molar-refractivity contribution in [2.24, 2.45) is 0 Å². The Balaban J connectivity index is 0.000000771. The molecule has 1 heteroatoms. The summed E-state index contributed by atoms with van der Waals surface area (Å²) in [6.45, 7) is 7.62. The van der Waals surface area contributed by atoms with E-state index in [2.05, 4.69) is 12.6 Å². The summed E-state index contributed by atoms with van der Waals surface area (Å²) in [5.41, 5.74) is 3.39. The van der Waals surface area contributed by atoms with E-state index in [0.29, 0.717) is 0 Å². The second-order valence-corrected chi connectivity index (χ2v) is 3.96. The first-order valence-electron chi connectivity index (χ1n) is 6.57. The third-order valence-electron chi connectivity index (χ3n) is 2.94. The summed E-state index contributed by atoms with van der Waals surface area (Å²) in [6, 6.07) is 8.10. The normalized spacial score (nSPS) is 20.2. The van der Waals surface area contributed by atoms with Gasteiger partial charge in [-0.25, -0.2) is 0 Å². The molecule has 2 rings (SSSR count). The Morgan fingerprint density at radius 2 is 1.89 bits per heavy atom. The Morgan fingerprint density at radius 3 is 2.61 bits per heavy atom. The third kappa shape index (κ3) is 3.44. The molecule has 0 fully saturated rings. The average Bonchev–Trinajstić information content (AvgIpc) is 2.44. The molecular weight excluding hydrogens is 220 g/mol. The van der Waals surface area contributed by atoms with Crippen LogP contribution >= 0.6 is 0 Å². The topological polar surface area (TPSA) is 20.2 Å². The molecule has 96 valence electrons. The maximum atomic E-state index is 10.2. The zero-order chi connectivity index (χ0) is 13.4. The molecule has 0 bridgehead atoms. The van der Waals surface area contributed by atoms with Crippen LogP contribution in [0.4, 0.5) is 0 Å². The van der Waals surface area contributed by atoms with Crippen LogP contribution in [0.3, 0.4) is 0 Å². The van der Waals surface area contributed by atoms with Gasteiger partial charge in [0, 0.05) is 0 Å². The van der Waals surface area contributed by atoms with Crippen LogP contribution in [0.5, 0.6) is 0 Å². The zero-order valence-corrected chi connectivity index (χ0v) is 11.3. The lowest BCUT2D eigenvalue weighted by Gasteiger charge is -2.24. The molecule has 0 spiro atoms. The second kappa shape index (κ2) is 7.67. The molecule has 0 amide bonds. The average molecular weight is 242 g/mol. The maximum Gasteiger partial charge on any atom is 0.101 e. The summed E-state index contributed by atoms with van der Waals surface area (Å²) < 4.78 is 0. The van der Waals surface area contributed by atoms with Crippen molar-refractivity contribution in [1.29, 1.82) is 0 Å². The summed E-state index contributed by atoms with van der Waals surface area (Å²) in [5, 5.41) is 10.2. The van der Waals surface area contributed by atoms with E-state index in [1.165, 1.54) is 5.56 Å². The molecule has 0 saturated heterocycles. The summed E-state index contributed by atoms with van der Waals surface area (Å²) in [6.07, 6.45) is 9.03. The Morgan fingerprint density at radius 1 is 1.17 bits per heavy atom. The predicted octanol–water partition coefficient (Wildman–Crippen LogP) is 4.36. The van der Waals surface area contributed by atoms with Crippen LogP contribution in [-0.4, -0.2) is 5.11 Å². The summed E-state index contributed by atoms with van der Waals surface area (Å²) in [5.74, 6) is 0. The van der Waals surface area contributed by atoms with E-state index in [9.17, 15) is 5.11 Å². The number of aliphatic hydroxyl groups excluding tert-OH is 1. The van der Waals surface area contributed by atoms with Crippen LogP contribution in [-0.2, 0) is 6.42 Å². The third-order valence-corrected chi connectivity index (χ3v) is 2.94. The van der Waals surface area contributed by atoms with Crippen LogP contribution in [0.2, 0.25) is 0 Å². The van der Waals surface area contributed by atoms with Gasteiger partial charge in [-0.15, -0.1) is 0 Å². The number of allylic oxidation sites excluding steroid dienone is 4. The molecule has 0 aromatic heterocycles. The number of hydrogen-bond acceptors (Lipinski definition) is 1. The van der Waals surface area contributed by atoms with Crippen molar-refractivity contribution in [3.63, 3.8) is 0 Å². The van der Waals surface area contributed by atoms with Gasteiger partial charge in [-0.1, -0.05) is 69.0 Å². The quantitative estimate of drug-likeness (QED) is 0.764. The fourth-order valence-corrected chi connectivity index (χ4v) is 2.08. The molecule has 0 heterocycles. The summed E-state index contributed by atoms with van der Waals surface area (Å²) in [7, 11) is 0. The SMILES string of the molecule is C=C/C=C\C=C1/CCc2ccccc2C1O.CC. The fourth-order valence-electron chi connectivity index (χ4n) is 2.08. The van der Waals surface area contributed by atoms with Crippen molar-refractivity contribution < 1.29 is 5.11 Å². The van der Waals surface area contributed by atoms with Gasteiger partial charge in [0.2, 0.25) is 0 Å². The van der Waals surface area contributed by atoms with Crippen LogP contribution in [0.25, 0.3) is 0 Å². The van der Waals surface area contributed by atoms with Gasteiger partial charge in [-0.3, -0.25) is 0 Å². The molecule has 0 radical (unpaired) electrons. The Labute approximate surface area is 110 Å². The highest BCUT2D eigenvalue weighted by atomic mass is 16.3. The van der Waals surface area contributed by atoms with Gasteiger partial charge < -0.3 is 5.11 Å². The summed E-state index contributed by atoms with van der Waals surface area (Å²) in [4.78, 5) is 0. The van der Waals surface area contributed by atoms with E-state index in [0.717, 1.165) is 24.0 Å². The van der Waals surface area contributed by atoms with Crippen molar-refractivity contribution in [2.75, 3.05) is 0 Å². The minimum Gasteiger partial charge on any atom is -0.384 e. The first-order chi connectivity index (χ1) is 8.83. The number of fused-ring (bicyclic) bond motifs is 1. The molecule has 1 aliphatic rings. The first-order valence-corrected chi connectivity index (χ1v) is 6.57. The van der Waals surface area contributed by atoms with Crippen LogP contribution in [0, 0.1) is 0 Å². The molecule has 0 aliphatic heterocycles. The Hall–Kier alpha value is -1.60. The maximum absolute atomic E-state index is 10.2. The molecule has 0 saturated carbocycles. The van der Waals surface area contributed by atoms with Crippen LogP contribution < -0.4 is 0 Å². The molecule has 1 aliphatic carbocycles. The van der Waals surface area contributed by atoms with E-state index in [1.54, 1.807) is 6.08 Å². The number of aliphatic hydroxyl groups is 1. The number of rotatable bonds is 2. The minimum absolute atomic E-state index is 0.445. The van der Waals surface area contributed by atoms with E-state index in [-0.39, 0.29) is 0 Å². The molecule has 18 heavy (non-hydrogen) atoms. The van der Waals surface area contributed by atoms with E-state index in [1.807, 2.05) is 50.3 Å². The lowest BCUT2D eigenvalue weighted by Crippen LogP contribution is -2.11. The largest absolute Gasteiger partial charge is 0.384 e. The van der Waals surface area contributed by atoms with Crippen molar-refractivity contribution >= 4 is 0 Å². The standard InChI is InChI=1S/C15H16O.C2H6/c1-2-3-4-8-13-11-10-12-7-5-6-9-14(12)15(13)16;1-2/h2-9,15-16H,1,10-11H2;1-2H3/b4-3-,13-8+;. The van der Waals surface area contributed by atoms with Crippen molar-refractivity contribution in [1.82, 2.24) is 0 Å². The van der Waals surface area contributed by atoms with Crippen molar-refractivity contribution in [3.8, 4) is 0 Å². The minimum atomic E-state index is -0.445. The first kappa shape index (κ1) is 14.5. The highest BCUT2D eigenvalue weighted by Crippen LogP contribution is 2.33. The number of aryl methyl sites for hydroxylation is 1. The van der Waals surface area contributed by atoms with E-state index in [4.69, 9.17) is 0 Å². The number of hydrogen-bond donors (Lipinski definition) is 1.